The van der Waals surface area contributed by atoms with E-state index in [1.807, 2.05) is 42.5 Å². The second kappa shape index (κ2) is 9.80. The average Bonchev–Trinajstić information content (AvgIpc) is 3.20. The lowest BCUT2D eigenvalue weighted by molar-refractivity contribution is -0.131. The number of rotatable bonds is 8. The van der Waals surface area contributed by atoms with Crippen molar-refractivity contribution in [2.24, 2.45) is 0 Å². The highest BCUT2D eigenvalue weighted by molar-refractivity contribution is 8.03. The quantitative estimate of drug-likeness (QED) is 0.241. The summed E-state index contributed by atoms with van der Waals surface area (Å²) < 4.78 is 16.9. The molecule has 3 aromatic carbocycles. The van der Waals surface area contributed by atoms with Crippen LogP contribution in [0.3, 0.4) is 0 Å². The summed E-state index contributed by atoms with van der Waals surface area (Å²) in [7, 11) is 1.50. The Labute approximate surface area is 193 Å². The molecule has 0 atom stereocenters. The molecule has 0 unspecified atom stereocenters. The summed E-state index contributed by atoms with van der Waals surface area (Å²) in [5, 5.41) is 10.2. The Hall–Kier alpha value is -3.42. The standard InChI is InChI=1S/C24H18ClNO5S/c1-29-20-12-16(11-17(25)22(20)30-14-15-7-3-2-4-8-15)13-21(23(27)28)32-24-26-18-9-5-6-10-19(18)31-24/h2-13H,14H2,1H3,(H,27,28)/b21-13-. The summed E-state index contributed by atoms with van der Waals surface area (Å²) in [5.41, 5.74) is 2.77. The predicted molar refractivity (Wildman–Crippen MR) is 124 cm³/mol. The Morgan fingerprint density at radius 2 is 1.91 bits per heavy atom. The number of aromatic nitrogens is 1. The van der Waals surface area contributed by atoms with Gasteiger partial charge in [0, 0.05) is 0 Å². The Morgan fingerprint density at radius 1 is 1.16 bits per heavy atom. The normalized spacial score (nSPS) is 11.5. The molecule has 162 valence electrons. The lowest BCUT2D eigenvalue weighted by atomic mass is 10.2. The fourth-order valence-electron chi connectivity index (χ4n) is 2.97. The third kappa shape index (κ3) is 5.07. The Balaban J connectivity index is 1.60. The van der Waals surface area contributed by atoms with E-state index in [4.69, 9.17) is 25.5 Å². The van der Waals surface area contributed by atoms with Crippen LogP contribution in [0, 0.1) is 0 Å². The molecule has 8 heteroatoms. The van der Waals surface area contributed by atoms with Crippen LogP contribution in [-0.4, -0.2) is 23.2 Å². The number of benzene rings is 3. The highest BCUT2D eigenvalue weighted by atomic mass is 35.5. The maximum absolute atomic E-state index is 11.8. The SMILES string of the molecule is COc1cc(/C=C(\Sc2nc3ccccc3o2)C(=O)O)cc(Cl)c1OCc1ccccc1. The van der Waals surface area contributed by atoms with Gasteiger partial charge in [-0.25, -0.2) is 9.78 Å². The number of para-hydroxylation sites is 2. The first kappa shape index (κ1) is 21.8. The van der Waals surface area contributed by atoms with Gasteiger partial charge in [0.25, 0.3) is 5.22 Å². The third-order valence-corrected chi connectivity index (χ3v) is 5.60. The van der Waals surface area contributed by atoms with Gasteiger partial charge in [-0.1, -0.05) is 54.1 Å². The predicted octanol–water partition coefficient (Wildman–Crippen LogP) is 6.29. The van der Waals surface area contributed by atoms with Gasteiger partial charge < -0.3 is 19.0 Å². The van der Waals surface area contributed by atoms with E-state index >= 15 is 0 Å². The summed E-state index contributed by atoms with van der Waals surface area (Å²) in [6.07, 6.45) is 1.48. The van der Waals surface area contributed by atoms with Crippen LogP contribution >= 0.6 is 23.4 Å². The van der Waals surface area contributed by atoms with Gasteiger partial charge in [0.15, 0.2) is 17.1 Å². The van der Waals surface area contributed by atoms with Gasteiger partial charge in [-0.2, -0.15) is 0 Å². The number of carbonyl (C=O) groups is 1. The number of nitrogens with zero attached hydrogens (tertiary/aromatic N) is 1. The summed E-state index contributed by atoms with van der Waals surface area (Å²) in [6.45, 7) is 0.320. The Morgan fingerprint density at radius 3 is 2.62 bits per heavy atom. The van der Waals surface area contributed by atoms with Crippen molar-refractivity contribution in [3.05, 3.63) is 87.8 Å². The fraction of sp³-hybridized carbons (Fsp3) is 0.0833. The number of aliphatic carboxylic acids is 1. The van der Waals surface area contributed by atoms with Gasteiger partial charge in [-0.05, 0) is 53.2 Å². The van der Waals surface area contributed by atoms with E-state index in [1.165, 1.54) is 13.2 Å². The maximum Gasteiger partial charge on any atom is 0.342 e. The van der Waals surface area contributed by atoms with Gasteiger partial charge in [0.2, 0.25) is 0 Å². The molecule has 1 N–H and O–H groups in total. The van der Waals surface area contributed by atoms with Crippen LogP contribution in [0.15, 0.2) is 81.3 Å². The largest absolute Gasteiger partial charge is 0.493 e. The molecule has 4 rings (SSSR count). The molecule has 6 nitrogen and oxygen atoms in total. The molecular weight excluding hydrogens is 450 g/mol. The number of hydrogen-bond donors (Lipinski definition) is 1. The van der Waals surface area contributed by atoms with Crippen LogP contribution in [0.4, 0.5) is 0 Å². The van der Waals surface area contributed by atoms with Crippen molar-refractivity contribution in [3.63, 3.8) is 0 Å². The van der Waals surface area contributed by atoms with E-state index in [-0.39, 0.29) is 10.1 Å². The molecule has 0 aliphatic rings. The van der Waals surface area contributed by atoms with Crippen LogP contribution in [0.25, 0.3) is 17.2 Å². The number of carboxylic acids is 1. The molecule has 0 saturated carbocycles. The van der Waals surface area contributed by atoms with Gasteiger partial charge in [0.05, 0.1) is 12.1 Å². The van der Waals surface area contributed by atoms with E-state index in [9.17, 15) is 9.90 Å². The number of thioether (sulfide) groups is 1. The van der Waals surface area contributed by atoms with Crippen LogP contribution < -0.4 is 9.47 Å². The summed E-state index contributed by atoms with van der Waals surface area (Å²) in [5.74, 6) is -0.327. The van der Waals surface area contributed by atoms with Crippen molar-refractivity contribution >= 4 is 46.5 Å². The molecule has 0 aliphatic carbocycles. The number of methoxy groups -OCH3 is 1. The monoisotopic (exact) mass is 467 g/mol. The first-order chi connectivity index (χ1) is 15.5. The summed E-state index contributed by atoms with van der Waals surface area (Å²) >= 11 is 7.35. The minimum atomic E-state index is -1.11. The molecule has 32 heavy (non-hydrogen) atoms. The number of halogens is 1. The minimum absolute atomic E-state index is 0.0210. The van der Waals surface area contributed by atoms with Crippen molar-refractivity contribution in [1.29, 1.82) is 0 Å². The van der Waals surface area contributed by atoms with Crippen LogP contribution in [0.2, 0.25) is 5.02 Å². The Bertz CT molecular complexity index is 1250. The molecule has 4 aromatic rings. The van der Waals surface area contributed by atoms with Crippen molar-refractivity contribution in [2.45, 2.75) is 11.8 Å². The zero-order valence-corrected chi connectivity index (χ0v) is 18.5. The topological polar surface area (TPSA) is 81.8 Å². The molecule has 0 bridgehead atoms. The second-order valence-electron chi connectivity index (χ2n) is 6.67. The number of oxazole rings is 1. The number of carboxylic acid groups (broad SMARTS) is 1. The average molecular weight is 468 g/mol. The second-order valence-corrected chi connectivity index (χ2v) is 8.07. The molecule has 0 spiro atoms. The minimum Gasteiger partial charge on any atom is -0.493 e. The number of ether oxygens (including phenoxy) is 2. The first-order valence-electron chi connectivity index (χ1n) is 9.56. The zero-order valence-electron chi connectivity index (χ0n) is 16.9. The summed E-state index contributed by atoms with van der Waals surface area (Å²) in [4.78, 5) is 16.2. The molecule has 0 saturated heterocycles. The van der Waals surface area contributed by atoms with Gasteiger partial charge in [-0.15, -0.1) is 0 Å². The molecule has 1 heterocycles. The van der Waals surface area contributed by atoms with Crippen molar-refractivity contribution in [1.82, 2.24) is 4.98 Å². The van der Waals surface area contributed by atoms with E-state index < -0.39 is 5.97 Å². The van der Waals surface area contributed by atoms with Crippen molar-refractivity contribution in [2.75, 3.05) is 7.11 Å². The molecule has 0 amide bonds. The van der Waals surface area contributed by atoms with Gasteiger partial charge >= 0.3 is 5.97 Å². The van der Waals surface area contributed by atoms with E-state index in [0.29, 0.717) is 39.8 Å². The highest BCUT2D eigenvalue weighted by Crippen LogP contribution is 2.38. The van der Waals surface area contributed by atoms with Crippen LogP contribution in [0.5, 0.6) is 11.5 Å². The number of fused-ring (bicyclic) bond motifs is 1. The summed E-state index contributed by atoms with van der Waals surface area (Å²) in [6, 6.07) is 20.2. The fourth-order valence-corrected chi connectivity index (χ4v) is 3.99. The van der Waals surface area contributed by atoms with E-state index in [0.717, 1.165) is 17.3 Å². The van der Waals surface area contributed by atoms with Gasteiger partial charge in [0.1, 0.15) is 17.0 Å². The molecule has 0 aliphatic heterocycles. The van der Waals surface area contributed by atoms with Crippen LogP contribution in [-0.2, 0) is 11.4 Å². The van der Waals surface area contributed by atoms with Crippen molar-refractivity contribution < 1.29 is 23.8 Å². The highest BCUT2D eigenvalue weighted by Gasteiger charge is 2.17. The molecule has 0 fully saturated rings. The lowest BCUT2D eigenvalue weighted by Crippen LogP contribution is -2.00. The Kier molecular flexibility index (Phi) is 6.68. The molecular formula is C24H18ClNO5S. The smallest absolute Gasteiger partial charge is 0.342 e. The lowest BCUT2D eigenvalue weighted by Gasteiger charge is -2.13. The molecule has 1 aromatic heterocycles. The van der Waals surface area contributed by atoms with Crippen LogP contribution in [0.1, 0.15) is 11.1 Å². The number of hydrogen-bond acceptors (Lipinski definition) is 6. The molecule has 0 radical (unpaired) electrons. The maximum atomic E-state index is 11.8. The third-order valence-electron chi connectivity index (χ3n) is 4.46. The first-order valence-corrected chi connectivity index (χ1v) is 10.8. The van der Waals surface area contributed by atoms with E-state index in [1.54, 1.807) is 24.3 Å². The zero-order chi connectivity index (χ0) is 22.5. The van der Waals surface area contributed by atoms with Gasteiger partial charge in [-0.3, -0.25) is 0 Å². The van der Waals surface area contributed by atoms with E-state index in [2.05, 4.69) is 4.98 Å². The van der Waals surface area contributed by atoms with Crippen molar-refractivity contribution in [3.8, 4) is 11.5 Å².